The predicted octanol–water partition coefficient (Wildman–Crippen LogP) is 4.26. The van der Waals surface area contributed by atoms with E-state index < -0.39 is 0 Å². The lowest BCUT2D eigenvalue weighted by Crippen LogP contribution is -2.31. The quantitative estimate of drug-likeness (QED) is 0.845. The largest absolute Gasteiger partial charge is 0.384 e. The molecule has 1 fully saturated rings. The Hall–Kier alpha value is -1.56. The highest BCUT2D eigenvalue weighted by molar-refractivity contribution is 6.36. The summed E-state index contributed by atoms with van der Waals surface area (Å²) in [5.41, 5.74) is 7.04. The van der Waals surface area contributed by atoms with Crippen LogP contribution in [0, 0.1) is 5.92 Å². The molecule has 1 aliphatic rings. The standard InChI is InChI=1S/C17H20Cl2N4O/c1-10(11-4-6-24-7-5-11)22-16-3-2-13(18)17(23-16)12-8-15(20)21-9-14(12)19/h2-3,8-11H,4-7H2,1H3,(H2,20,21)(H,22,23)/t10-/m0/s1. The maximum Gasteiger partial charge on any atom is 0.126 e. The van der Waals surface area contributed by atoms with Crippen molar-refractivity contribution in [1.29, 1.82) is 0 Å². The highest BCUT2D eigenvalue weighted by atomic mass is 35.5. The molecule has 0 aliphatic carbocycles. The van der Waals surface area contributed by atoms with Crippen molar-refractivity contribution in [1.82, 2.24) is 9.97 Å². The van der Waals surface area contributed by atoms with Crippen molar-refractivity contribution in [3.05, 3.63) is 34.4 Å². The molecule has 1 atom stereocenters. The van der Waals surface area contributed by atoms with Gasteiger partial charge in [0.15, 0.2) is 0 Å². The number of nitrogens with one attached hydrogen (secondary N) is 1. The second-order valence-electron chi connectivity index (χ2n) is 6.00. The van der Waals surface area contributed by atoms with Crippen LogP contribution in [0.25, 0.3) is 11.3 Å². The van der Waals surface area contributed by atoms with Gasteiger partial charge in [0.2, 0.25) is 0 Å². The summed E-state index contributed by atoms with van der Waals surface area (Å²) in [4.78, 5) is 8.61. The van der Waals surface area contributed by atoms with Gasteiger partial charge < -0.3 is 15.8 Å². The topological polar surface area (TPSA) is 73.1 Å². The maximum atomic E-state index is 6.31. The molecule has 3 heterocycles. The number of rotatable bonds is 4. The van der Waals surface area contributed by atoms with Crippen LogP contribution in [0.15, 0.2) is 24.4 Å². The molecule has 0 amide bonds. The minimum atomic E-state index is 0.299. The molecule has 2 aromatic heterocycles. The van der Waals surface area contributed by atoms with E-state index in [2.05, 4.69) is 22.2 Å². The Labute approximate surface area is 151 Å². The van der Waals surface area contributed by atoms with Crippen molar-refractivity contribution in [3.8, 4) is 11.3 Å². The first-order valence-electron chi connectivity index (χ1n) is 7.97. The SMILES string of the molecule is C[C@H](Nc1ccc(Cl)c(-c2cc(N)ncc2Cl)n1)C1CCOCC1. The molecule has 7 heteroatoms. The first kappa shape index (κ1) is 17.3. The van der Waals surface area contributed by atoms with E-state index in [1.807, 2.05) is 12.1 Å². The molecule has 5 nitrogen and oxygen atoms in total. The monoisotopic (exact) mass is 366 g/mol. The fourth-order valence-corrected chi connectivity index (χ4v) is 3.31. The smallest absolute Gasteiger partial charge is 0.126 e. The summed E-state index contributed by atoms with van der Waals surface area (Å²) in [6.07, 6.45) is 3.62. The zero-order valence-corrected chi connectivity index (χ0v) is 14.9. The highest BCUT2D eigenvalue weighted by Gasteiger charge is 2.21. The van der Waals surface area contributed by atoms with Crippen molar-refractivity contribution < 1.29 is 4.74 Å². The minimum absolute atomic E-state index is 0.299. The fraction of sp³-hybridized carbons (Fsp3) is 0.412. The van der Waals surface area contributed by atoms with Gasteiger partial charge in [-0.05, 0) is 43.9 Å². The van der Waals surface area contributed by atoms with Crippen molar-refractivity contribution in [2.45, 2.75) is 25.8 Å². The normalized spacial score (nSPS) is 16.8. The zero-order valence-electron chi connectivity index (χ0n) is 13.4. The third-order valence-corrected chi connectivity index (χ3v) is 4.93. The molecule has 0 unspecified atom stereocenters. The van der Waals surface area contributed by atoms with E-state index >= 15 is 0 Å². The molecular formula is C17H20Cl2N4O. The van der Waals surface area contributed by atoms with Gasteiger partial charge in [0.05, 0.1) is 15.7 Å². The Bertz CT molecular complexity index is 720. The molecule has 1 aliphatic heterocycles. The second kappa shape index (κ2) is 7.55. The molecular weight excluding hydrogens is 347 g/mol. The molecule has 128 valence electrons. The van der Waals surface area contributed by atoms with Gasteiger partial charge in [-0.25, -0.2) is 9.97 Å². The van der Waals surface area contributed by atoms with Crippen molar-refractivity contribution >= 4 is 34.8 Å². The number of anilines is 2. The first-order valence-corrected chi connectivity index (χ1v) is 8.72. The van der Waals surface area contributed by atoms with Gasteiger partial charge in [-0.3, -0.25) is 0 Å². The third kappa shape index (κ3) is 3.91. The van der Waals surface area contributed by atoms with Crippen LogP contribution in [-0.4, -0.2) is 29.2 Å². The number of hydrogen-bond acceptors (Lipinski definition) is 5. The number of nitrogens with two attached hydrogens (primary N) is 1. The lowest BCUT2D eigenvalue weighted by Gasteiger charge is -2.28. The lowest BCUT2D eigenvalue weighted by molar-refractivity contribution is 0.0622. The number of nitrogens with zero attached hydrogens (tertiary/aromatic N) is 2. The highest BCUT2D eigenvalue weighted by Crippen LogP contribution is 2.33. The summed E-state index contributed by atoms with van der Waals surface area (Å²) in [6.45, 7) is 3.81. The van der Waals surface area contributed by atoms with Gasteiger partial charge in [-0.15, -0.1) is 0 Å². The molecule has 24 heavy (non-hydrogen) atoms. The Kier molecular flexibility index (Phi) is 5.43. The van der Waals surface area contributed by atoms with Gasteiger partial charge in [0.1, 0.15) is 11.6 Å². The van der Waals surface area contributed by atoms with Gasteiger partial charge in [-0.2, -0.15) is 0 Å². The fourth-order valence-electron chi connectivity index (χ4n) is 2.91. The van der Waals surface area contributed by atoms with Crippen LogP contribution in [0.3, 0.4) is 0 Å². The average Bonchev–Trinajstić information content (AvgIpc) is 2.59. The zero-order chi connectivity index (χ0) is 17.1. The lowest BCUT2D eigenvalue weighted by atomic mass is 9.93. The Morgan fingerprint density at radius 2 is 2.00 bits per heavy atom. The van der Waals surface area contributed by atoms with Gasteiger partial charge >= 0.3 is 0 Å². The van der Waals surface area contributed by atoms with Crippen molar-refractivity contribution in [3.63, 3.8) is 0 Å². The molecule has 0 aromatic carbocycles. The van der Waals surface area contributed by atoms with Crippen LogP contribution in [0.2, 0.25) is 10.0 Å². The summed E-state index contributed by atoms with van der Waals surface area (Å²) >= 11 is 12.5. The van der Waals surface area contributed by atoms with Crippen LogP contribution >= 0.6 is 23.2 Å². The average molecular weight is 367 g/mol. The predicted molar refractivity (Wildman–Crippen MR) is 98.5 cm³/mol. The number of nitrogen functional groups attached to an aromatic ring is 1. The van der Waals surface area contributed by atoms with E-state index in [1.165, 1.54) is 6.20 Å². The number of pyridine rings is 2. The van der Waals surface area contributed by atoms with Gasteiger partial charge in [0.25, 0.3) is 0 Å². The molecule has 0 radical (unpaired) electrons. The number of hydrogen-bond donors (Lipinski definition) is 2. The summed E-state index contributed by atoms with van der Waals surface area (Å²) in [7, 11) is 0. The summed E-state index contributed by atoms with van der Waals surface area (Å²) in [5, 5.41) is 4.45. The van der Waals surface area contributed by atoms with Gasteiger partial charge in [-0.1, -0.05) is 23.2 Å². The van der Waals surface area contributed by atoms with Gasteiger partial charge in [0, 0.05) is 31.0 Å². The second-order valence-corrected chi connectivity index (χ2v) is 6.81. The molecule has 0 bridgehead atoms. The van der Waals surface area contributed by atoms with Crippen LogP contribution in [-0.2, 0) is 4.74 Å². The van der Waals surface area contributed by atoms with E-state index in [-0.39, 0.29) is 0 Å². The summed E-state index contributed by atoms with van der Waals surface area (Å²) < 4.78 is 5.42. The Balaban J connectivity index is 1.84. The number of ether oxygens (including phenoxy) is 1. The Morgan fingerprint density at radius 1 is 1.25 bits per heavy atom. The maximum absolute atomic E-state index is 6.31. The molecule has 0 spiro atoms. The molecule has 0 saturated carbocycles. The molecule has 1 saturated heterocycles. The van der Waals surface area contributed by atoms with Crippen LogP contribution in [0.4, 0.5) is 11.6 Å². The minimum Gasteiger partial charge on any atom is -0.384 e. The van der Waals surface area contributed by atoms with E-state index in [0.29, 0.717) is 39.1 Å². The Morgan fingerprint density at radius 3 is 2.75 bits per heavy atom. The van der Waals surface area contributed by atoms with Crippen LogP contribution in [0.5, 0.6) is 0 Å². The number of aromatic nitrogens is 2. The van der Waals surface area contributed by atoms with Crippen molar-refractivity contribution in [2.24, 2.45) is 5.92 Å². The molecule has 3 N–H and O–H groups in total. The molecule has 2 aromatic rings. The third-order valence-electron chi connectivity index (χ3n) is 4.33. The first-order chi connectivity index (χ1) is 11.5. The van der Waals surface area contributed by atoms with Crippen molar-refractivity contribution in [2.75, 3.05) is 24.3 Å². The van der Waals surface area contributed by atoms with E-state index in [4.69, 9.17) is 33.7 Å². The van der Waals surface area contributed by atoms with E-state index in [0.717, 1.165) is 31.9 Å². The van der Waals surface area contributed by atoms with E-state index in [9.17, 15) is 0 Å². The van der Waals surface area contributed by atoms with E-state index in [1.54, 1.807) is 6.07 Å². The molecule has 3 rings (SSSR count). The van der Waals surface area contributed by atoms with Crippen LogP contribution in [0.1, 0.15) is 19.8 Å². The summed E-state index contributed by atoms with van der Waals surface area (Å²) in [6, 6.07) is 5.67. The number of halogens is 2. The van der Waals surface area contributed by atoms with Crippen LogP contribution < -0.4 is 11.1 Å². The summed E-state index contributed by atoms with van der Waals surface area (Å²) in [5.74, 6) is 1.71.